The SMILES string of the molecule is O=C(C1CCCN1C(=O)c1ccc(Cl)nc1)N1CCC(N2CCCC2=O)CC1. The molecule has 0 bridgehead atoms. The lowest BCUT2D eigenvalue weighted by Crippen LogP contribution is -2.52. The summed E-state index contributed by atoms with van der Waals surface area (Å²) < 4.78 is 0. The third kappa shape index (κ3) is 3.72. The minimum atomic E-state index is -0.409. The topological polar surface area (TPSA) is 73.8 Å². The summed E-state index contributed by atoms with van der Waals surface area (Å²) in [6.07, 6.45) is 6.20. The summed E-state index contributed by atoms with van der Waals surface area (Å²) in [6.45, 7) is 2.72. The molecule has 1 atom stereocenters. The lowest BCUT2D eigenvalue weighted by Gasteiger charge is -2.38. The molecule has 1 aromatic rings. The second kappa shape index (κ2) is 8.07. The normalized spacial score (nSPS) is 23.5. The average molecular weight is 405 g/mol. The van der Waals surface area contributed by atoms with E-state index in [0.29, 0.717) is 43.2 Å². The summed E-state index contributed by atoms with van der Waals surface area (Å²) in [5.74, 6) is 0.102. The van der Waals surface area contributed by atoms with Crippen molar-refractivity contribution >= 4 is 29.3 Å². The predicted molar refractivity (Wildman–Crippen MR) is 104 cm³/mol. The summed E-state index contributed by atoms with van der Waals surface area (Å²) >= 11 is 5.80. The third-order valence-corrected chi connectivity index (χ3v) is 6.32. The number of amides is 3. The monoisotopic (exact) mass is 404 g/mol. The van der Waals surface area contributed by atoms with Gasteiger partial charge in [-0.2, -0.15) is 0 Å². The smallest absolute Gasteiger partial charge is 0.256 e. The molecule has 3 aliphatic heterocycles. The van der Waals surface area contributed by atoms with Crippen LogP contribution in [0.2, 0.25) is 5.15 Å². The molecule has 3 fully saturated rings. The maximum atomic E-state index is 13.1. The van der Waals surface area contributed by atoms with Gasteiger partial charge in [0.1, 0.15) is 11.2 Å². The number of pyridine rings is 1. The average Bonchev–Trinajstić information content (AvgIpc) is 3.37. The van der Waals surface area contributed by atoms with Crippen LogP contribution in [-0.2, 0) is 9.59 Å². The number of aromatic nitrogens is 1. The number of likely N-dealkylation sites (tertiary alicyclic amines) is 3. The quantitative estimate of drug-likeness (QED) is 0.722. The van der Waals surface area contributed by atoms with Crippen LogP contribution in [0.25, 0.3) is 0 Å². The second-order valence-corrected chi connectivity index (χ2v) is 8.16. The zero-order valence-electron chi connectivity index (χ0n) is 15.8. The van der Waals surface area contributed by atoms with Gasteiger partial charge in [0.2, 0.25) is 11.8 Å². The Hall–Kier alpha value is -2.15. The number of nitrogens with zero attached hydrogens (tertiary/aromatic N) is 4. The van der Waals surface area contributed by atoms with E-state index in [9.17, 15) is 14.4 Å². The molecule has 0 saturated carbocycles. The number of piperidine rings is 1. The molecule has 4 heterocycles. The van der Waals surface area contributed by atoms with Crippen LogP contribution in [0, 0.1) is 0 Å². The molecular formula is C20H25ClN4O3. The van der Waals surface area contributed by atoms with Crippen LogP contribution in [0.15, 0.2) is 18.3 Å². The molecule has 0 aromatic carbocycles. The largest absolute Gasteiger partial charge is 0.341 e. The van der Waals surface area contributed by atoms with Crippen molar-refractivity contribution in [3.63, 3.8) is 0 Å². The van der Waals surface area contributed by atoms with Gasteiger partial charge in [0.25, 0.3) is 5.91 Å². The predicted octanol–water partition coefficient (Wildman–Crippen LogP) is 1.95. The molecule has 3 saturated heterocycles. The molecule has 1 aromatic heterocycles. The minimum absolute atomic E-state index is 0.0268. The highest BCUT2D eigenvalue weighted by Crippen LogP contribution is 2.26. The first kappa shape index (κ1) is 19.2. The number of hydrogen-bond acceptors (Lipinski definition) is 4. The van der Waals surface area contributed by atoms with Crippen molar-refractivity contribution in [2.24, 2.45) is 0 Å². The molecule has 8 heteroatoms. The summed E-state index contributed by atoms with van der Waals surface area (Å²) in [6, 6.07) is 3.08. The number of halogens is 1. The maximum Gasteiger partial charge on any atom is 0.256 e. The number of carbonyl (C=O) groups excluding carboxylic acids is 3. The van der Waals surface area contributed by atoms with E-state index in [1.54, 1.807) is 17.0 Å². The summed E-state index contributed by atoms with van der Waals surface area (Å²) in [4.78, 5) is 47.4. The number of rotatable bonds is 3. The fraction of sp³-hybridized carbons (Fsp3) is 0.600. The zero-order chi connectivity index (χ0) is 19.7. The van der Waals surface area contributed by atoms with E-state index in [4.69, 9.17) is 11.6 Å². The van der Waals surface area contributed by atoms with Gasteiger partial charge in [-0.3, -0.25) is 14.4 Å². The van der Waals surface area contributed by atoms with Crippen molar-refractivity contribution in [3.05, 3.63) is 29.0 Å². The van der Waals surface area contributed by atoms with E-state index >= 15 is 0 Å². The fourth-order valence-corrected chi connectivity index (χ4v) is 4.71. The van der Waals surface area contributed by atoms with E-state index in [0.717, 1.165) is 32.2 Å². The Balaban J connectivity index is 1.38. The first-order chi connectivity index (χ1) is 13.5. The Bertz CT molecular complexity index is 761. The van der Waals surface area contributed by atoms with Crippen molar-refractivity contribution in [2.75, 3.05) is 26.2 Å². The lowest BCUT2D eigenvalue weighted by molar-refractivity contribution is -0.137. The Morgan fingerprint density at radius 1 is 1.04 bits per heavy atom. The summed E-state index contributed by atoms with van der Waals surface area (Å²) in [5.41, 5.74) is 0.454. The van der Waals surface area contributed by atoms with Gasteiger partial charge in [-0.1, -0.05) is 11.6 Å². The van der Waals surface area contributed by atoms with Crippen LogP contribution in [0.4, 0.5) is 0 Å². The van der Waals surface area contributed by atoms with E-state index < -0.39 is 6.04 Å². The standard InChI is InChI=1S/C20H25ClN4O3/c21-17-6-5-14(13-22-17)19(27)25-10-1-3-16(25)20(28)23-11-7-15(8-12-23)24-9-2-4-18(24)26/h5-6,13,15-16H,1-4,7-12H2. The van der Waals surface area contributed by atoms with Crippen molar-refractivity contribution in [1.82, 2.24) is 19.7 Å². The first-order valence-electron chi connectivity index (χ1n) is 10.1. The van der Waals surface area contributed by atoms with E-state index in [-0.39, 0.29) is 23.8 Å². The Labute approximate surface area is 169 Å². The number of carbonyl (C=O) groups is 3. The zero-order valence-corrected chi connectivity index (χ0v) is 16.6. The Morgan fingerprint density at radius 2 is 1.82 bits per heavy atom. The Morgan fingerprint density at radius 3 is 2.46 bits per heavy atom. The van der Waals surface area contributed by atoms with Gasteiger partial charge in [-0.05, 0) is 44.2 Å². The van der Waals surface area contributed by atoms with Gasteiger partial charge in [-0.15, -0.1) is 0 Å². The summed E-state index contributed by atoms with van der Waals surface area (Å²) in [7, 11) is 0. The lowest BCUT2D eigenvalue weighted by atomic mass is 10.0. The van der Waals surface area contributed by atoms with Gasteiger partial charge in [-0.25, -0.2) is 4.98 Å². The summed E-state index contributed by atoms with van der Waals surface area (Å²) in [5, 5.41) is 0.338. The Kier molecular flexibility index (Phi) is 5.53. The molecule has 3 aliphatic rings. The van der Waals surface area contributed by atoms with Crippen LogP contribution in [0.1, 0.15) is 48.9 Å². The van der Waals surface area contributed by atoms with Crippen molar-refractivity contribution < 1.29 is 14.4 Å². The first-order valence-corrected chi connectivity index (χ1v) is 10.4. The molecular weight excluding hydrogens is 380 g/mol. The third-order valence-electron chi connectivity index (χ3n) is 6.10. The van der Waals surface area contributed by atoms with E-state index in [1.807, 2.05) is 9.80 Å². The van der Waals surface area contributed by atoms with Crippen molar-refractivity contribution in [2.45, 2.75) is 50.6 Å². The molecule has 0 radical (unpaired) electrons. The second-order valence-electron chi connectivity index (χ2n) is 7.77. The minimum Gasteiger partial charge on any atom is -0.341 e. The van der Waals surface area contributed by atoms with Crippen LogP contribution < -0.4 is 0 Å². The van der Waals surface area contributed by atoms with Gasteiger partial charge < -0.3 is 14.7 Å². The van der Waals surface area contributed by atoms with Gasteiger partial charge in [0, 0.05) is 44.8 Å². The van der Waals surface area contributed by atoms with Crippen LogP contribution in [0.3, 0.4) is 0 Å². The molecule has 4 rings (SSSR count). The van der Waals surface area contributed by atoms with Gasteiger partial charge in [0.15, 0.2) is 0 Å². The number of hydrogen-bond donors (Lipinski definition) is 0. The molecule has 0 aliphatic carbocycles. The highest BCUT2D eigenvalue weighted by atomic mass is 35.5. The molecule has 7 nitrogen and oxygen atoms in total. The molecule has 1 unspecified atom stereocenters. The molecule has 28 heavy (non-hydrogen) atoms. The molecule has 3 amide bonds. The van der Waals surface area contributed by atoms with Crippen molar-refractivity contribution in [3.8, 4) is 0 Å². The van der Waals surface area contributed by atoms with Crippen LogP contribution in [0.5, 0.6) is 0 Å². The highest BCUT2D eigenvalue weighted by Gasteiger charge is 2.39. The fourth-order valence-electron chi connectivity index (χ4n) is 4.60. The maximum absolute atomic E-state index is 13.1. The molecule has 150 valence electrons. The van der Waals surface area contributed by atoms with Gasteiger partial charge in [0.05, 0.1) is 5.56 Å². The van der Waals surface area contributed by atoms with Gasteiger partial charge >= 0.3 is 0 Å². The van der Waals surface area contributed by atoms with Crippen LogP contribution in [-0.4, -0.2) is 75.7 Å². The highest BCUT2D eigenvalue weighted by molar-refractivity contribution is 6.29. The van der Waals surface area contributed by atoms with Crippen molar-refractivity contribution in [1.29, 1.82) is 0 Å². The molecule has 0 spiro atoms. The molecule has 0 N–H and O–H groups in total. The van der Waals surface area contributed by atoms with E-state index in [1.165, 1.54) is 6.20 Å². The van der Waals surface area contributed by atoms with Crippen LogP contribution >= 0.6 is 11.6 Å². The van der Waals surface area contributed by atoms with E-state index in [2.05, 4.69) is 4.98 Å².